The van der Waals surface area contributed by atoms with Crippen molar-refractivity contribution in [3.8, 4) is 0 Å². The highest BCUT2D eigenvalue weighted by atomic mass is 15.1. The van der Waals surface area contributed by atoms with Crippen LogP contribution in [0.1, 0.15) is 18.9 Å². The van der Waals surface area contributed by atoms with Gasteiger partial charge in [-0.1, -0.05) is 35.9 Å². The Morgan fingerprint density at radius 2 is 2.00 bits per heavy atom. The summed E-state index contributed by atoms with van der Waals surface area (Å²) in [7, 11) is 0. The van der Waals surface area contributed by atoms with Crippen molar-refractivity contribution in [2.45, 2.75) is 19.9 Å². The van der Waals surface area contributed by atoms with Crippen LogP contribution in [-0.4, -0.2) is 17.2 Å². The summed E-state index contributed by atoms with van der Waals surface area (Å²) in [5, 5.41) is 7.73. The van der Waals surface area contributed by atoms with E-state index in [1.54, 1.807) is 0 Å². The molecule has 0 unspecified atom stereocenters. The Bertz CT molecular complexity index is 379. The van der Waals surface area contributed by atoms with Gasteiger partial charge in [0.15, 0.2) is 0 Å². The van der Waals surface area contributed by atoms with E-state index in [0.717, 1.165) is 25.2 Å². The van der Waals surface area contributed by atoms with Crippen molar-refractivity contribution in [3.63, 3.8) is 0 Å². The number of nitrogens with one attached hydrogen (secondary N) is 1. The van der Waals surface area contributed by atoms with E-state index in [1.165, 1.54) is 11.1 Å². The van der Waals surface area contributed by atoms with Gasteiger partial charge in [0.05, 0.1) is 6.54 Å². The molecule has 2 heteroatoms. The van der Waals surface area contributed by atoms with Crippen LogP contribution in [0.25, 0.3) is 0 Å². The summed E-state index contributed by atoms with van der Waals surface area (Å²) in [6.45, 7) is 3.76. The van der Waals surface area contributed by atoms with Gasteiger partial charge in [-0.2, -0.15) is 0 Å². The Hall–Kier alpha value is -1.57. The van der Waals surface area contributed by atoms with E-state index in [4.69, 9.17) is 5.41 Å². The molecule has 0 saturated heterocycles. The maximum absolute atomic E-state index is 7.73. The van der Waals surface area contributed by atoms with Gasteiger partial charge < -0.3 is 10.3 Å². The Kier molecular flexibility index (Phi) is 2.86. The van der Waals surface area contributed by atoms with Crippen LogP contribution in [0.5, 0.6) is 0 Å². The van der Waals surface area contributed by atoms with Gasteiger partial charge in [-0.15, -0.1) is 0 Å². The molecule has 1 aliphatic rings. The number of rotatable bonds is 2. The molecular formula is C13H16N2. The lowest BCUT2D eigenvalue weighted by atomic mass is 10.1. The van der Waals surface area contributed by atoms with Crippen molar-refractivity contribution in [2.75, 3.05) is 6.54 Å². The van der Waals surface area contributed by atoms with Crippen LogP contribution in [0.4, 0.5) is 0 Å². The number of hydrogen-bond donors (Lipinski definition) is 1. The van der Waals surface area contributed by atoms with Gasteiger partial charge in [0.25, 0.3) is 0 Å². The van der Waals surface area contributed by atoms with Crippen LogP contribution >= 0.6 is 0 Å². The fourth-order valence-corrected chi connectivity index (χ4v) is 1.96. The second-order valence-electron chi connectivity index (χ2n) is 4.15. The third kappa shape index (κ3) is 2.69. The Balaban J connectivity index is 2.07. The van der Waals surface area contributed by atoms with Gasteiger partial charge in [-0.3, -0.25) is 0 Å². The summed E-state index contributed by atoms with van der Waals surface area (Å²) < 4.78 is 0. The molecule has 1 heterocycles. The minimum absolute atomic E-state index is 0.770. The second-order valence-corrected chi connectivity index (χ2v) is 4.15. The third-order valence-electron chi connectivity index (χ3n) is 2.52. The lowest BCUT2D eigenvalue weighted by Crippen LogP contribution is -2.28. The molecule has 1 aromatic rings. The van der Waals surface area contributed by atoms with Crippen molar-refractivity contribution in [2.24, 2.45) is 0 Å². The first-order valence-electron chi connectivity index (χ1n) is 5.25. The standard InChI is InChI=1S/C13H16N2/c1-11-7-13(14)10-15(8-11)9-12-5-3-2-4-6-12/h2-6,8,14H,7,9-10H2,1H3. The van der Waals surface area contributed by atoms with Crippen LogP contribution < -0.4 is 0 Å². The van der Waals surface area contributed by atoms with Gasteiger partial charge in [-0.25, -0.2) is 0 Å². The molecule has 0 aliphatic carbocycles. The van der Waals surface area contributed by atoms with Crippen molar-refractivity contribution >= 4 is 5.71 Å². The van der Waals surface area contributed by atoms with Crippen LogP contribution in [0, 0.1) is 5.41 Å². The van der Waals surface area contributed by atoms with E-state index in [-0.39, 0.29) is 0 Å². The van der Waals surface area contributed by atoms with Crippen LogP contribution in [-0.2, 0) is 6.54 Å². The number of nitrogens with zero attached hydrogens (tertiary/aromatic N) is 1. The third-order valence-corrected chi connectivity index (χ3v) is 2.52. The second kappa shape index (κ2) is 4.30. The van der Waals surface area contributed by atoms with E-state index < -0.39 is 0 Å². The average Bonchev–Trinajstić information content (AvgIpc) is 2.17. The lowest BCUT2D eigenvalue weighted by molar-refractivity contribution is 0.406. The summed E-state index contributed by atoms with van der Waals surface area (Å²) >= 11 is 0. The molecule has 0 amide bonds. The minimum atomic E-state index is 0.770. The topological polar surface area (TPSA) is 27.1 Å². The molecule has 0 aromatic heterocycles. The molecule has 0 spiro atoms. The monoisotopic (exact) mass is 200 g/mol. The SMILES string of the molecule is CC1=CN(Cc2ccccc2)CC(=N)C1. The summed E-state index contributed by atoms with van der Waals surface area (Å²) in [5.74, 6) is 0. The minimum Gasteiger partial charge on any atom is -0.368 e. The summed E-state index contributed by atoms with van der Waals surface area (Å²) in [5.41, 5.74) is 3.39. The molecule has 2 rings (SSSR count). The van der Waals surface area contributed by atoms with Gasteiger partial charge in [0.2, 0.25) is 0 Å². The lowest BCUT2D eigenvalue weighted by Gasteiger charge is -2.26. The first-order valence-corrected chi connectivity index (χ1v) is 5.25. The van der Waals surface area contributed by atoms with Gasteiger partial charge in [-0.05, 0) is 18.7 Å². The Morgan fingerprint density at radius 1 is 1.27 bits per heavy atom. The highest BCUT2D eigenvalue weighted by molar-refractivity contribution is 5.86. The first-order chi connectivity index (χ1) is 7.24. The van der Waals surface area contributed by atoms with Crippen molar-refractivity contribution in [3.05, 3.63) is 47.7 Å². The highest BCUT2D eigenvalue weighted by Crippen LogP contribution is 2.14. The van der Waals surface area contributed by atoms with Crippen molar-refractivity contribution in [1.29, 1.82) is 5.41 Å². The maximum atomic E-state index is 7.73. The van der Waals surface area contributed by atoms with Crippen LogP contribution in [0.2, 0.25) is 0 Å². The van der Waals surface area contributed by atoms with Gasteiger partial charge >= 0.3 is 0 Å². The predicted molar refractivity (Wildman–Crippen MR) is 63.0 cm³/mol. The molecule has 1 aliphatic heterocycles. The zero-order chi connectivity index (χ0) is 10.7. The first kappa shape index (κ1) is 9.97. The van der Waals surface area contributed by atoms with Gasteiger partial charge in [0, 0.05) is 18.7 Å². The number of benzene rings is 1. The molecule has 2 nitrogen and oxygen atoms in total. The number of allylic oxidation sites excluding steroid dienone is 1. The van der Waals surface area contributed by atoms with E-state index in [9.17, 15) is 0 Å². The highest BCUT2D eigenvalue weighted by Gasteiger charge is 2.11. The molecule has 0 bridgehead atoms. The Labute approximate surface area is 90.7 Å². The summed E-state index contributed by atoms with van der Waals surface area (Å²) in [4.78, 5) is 2.20. The predicted octanol–water partition coefficient (Wildman–Crippen LogP) is 2.82. The van der Waals surface area contributed by atoms with Crippen molar-refractivity contribution in [1.82, 2.24) is 4.90 Å². The molecule has 0 atom stereocenters. The number of hydrogen-bond acceptors (Lipinski definition) is 2. The largest absolute Gasteiger partial charge is 0.368 e. The molecule has 1 N–H and O–H groups in total. The molecule has 78 valence electrons. The van der Waals surface area contributed by atoms with E-state index in [1.807, 2.05) is 6.07 Å². The zero-order valence-corrected chi connectivity index (χ0v) is 9.03. The van der Waals surface area contributed by atoms with Crippen molar-refractivity contribution < 1.29 is 0 Å². The van der Waals surface area contributed by atoms with Crippen LogP contribution in [0.3, 0.4) is 0 Å². The van der Waals surface area contributed by atoms with E-state index in [0.29, 0.717) is 0 Å². The molecule has 0 saturated carbocycles. The zero-order valence-electron chi connectivity index (χ0n) is 9.03. The molecular weight excluding hydrogens is 184 g/mol. The van der Waals surface area contributed by atoms with E-state index >= 15 is 0 Å². The molecule has 1 aromatic carbocycles. The fraction of sp³-hybridized carbons (Fsp3) is 0.308. The fourth-order valence-electron chi connectivity index (χ4n) is 1.96. The maximum Gasteiger partial charge on any atom is 0.0557 e. The Morgan fingerprint density at radius 3 is 2.67 bits per heavy atom. The van der Waals surface area contributed by atoms with Crippen LogP contribution in [0.15, 0.2) is 42.1 Å². The van der Waals surface area contributed by atoms with Gasteiger partial charge in [0.1, 0.15) is 0 Å². The molecule has 0 radical (unpaired) electrons. The normalized spacial score (nSPS) is 16.5. The quantitative estimate of drug-likeness (QED) is 0.781. The van der Waals surface area contributed by atoms with E-state index in [2.05, 4.69) is 42.3 Å². The summed E-state index contributed by atoms with van der Waals surface area (Å²) in [6.07, 6.45) is 3.01. The smallest absolute Gasteiger partial charge is 0.0557 e. The summed E-state index contributed by atoms with van der Waals surface area (Å²) in [6, 6.07) is 10.4. The molecule has 15 heavy (non-hydrogen) atoms. The average molecular weight is 200 g/mol. The molecule has 0 fully saturated rings.